The minimum Gasteiger partial charge on any atom is -0.382 e. The summed E-state index contributed by atoms with van der Waals surface area (Å²) in [6.07, 6.45) is 7.42. The van der Waals surface area contributed by atoms with Gasteiger partial charge in [0, 0.05) is 63.1 Å². The number of nitrogens with two attached hydrogens (primary N) is 1. The number of amides is 7. The van der Waals surface area contributed by atoms with Crippen LogP contribution in [0.25, 0.3) is 0 Å². The molecule has 2 atom stereocenters. The number of primary amides is 1. The van der Waals surface area contributed by atoms with Crippen LogP contribution in [0.5, 0.6) is 0 Å². The average Bonchev–Trinajstić information content (AvgIpc) is 3.70. The molecule has 0 radical (unpaired) electrons. The van der Waals surface area contributed by atoms with Crippen molar-refractivity contribution in [3.05, 3.63) is 71.0 Å². The maximum absolute atomic E-state index is 13.6. The molecule has 5 fully saturated rings. The minimum atomic E-state index is -0.999. The standard InChI is InChI=1S/C43H51N11O6/c1-43(25-8-10-26(11-9-25)47-38-36(37(44)56)45-23-33(48-38)52-16-4-5-28(24-52)53-20-19-50(2)42(53)60)14-17-51(18-15-43)29-21-27(22-29)46-31-7-3-6-30-35(31)41(59)54(40(30)58)32-12-13-34(55)49-39(32)57/h3,6-11,23,27-29,32,46H,4-5,12-22,24H2,1-2H3,(H2,44,56)(H,47,48)(H,49,55,57)/t27?,28-,29?,32?/m1/s1. The number of urea groups is 1. The van der Waals surface area contributed by atoms with E-state index in [4.69, 9.17) is 10.7 Å². The quantitative estimate of drug-likeness (QED) is 0.218. The molecule has 314 valence electrons. The summed E-state index contributed by atoms with van der Waals surface area (Å²) in [4.78, 5) is 94.8. The van der Waals surface area contributed by atoms with Crippen molar-refractivity contribution in [1.82, 2.24) is 34.9 Å². The van der Waals surface area contributed by atoms with Gasteiger partial charge in [0.05, 0.1) is 23.4 Å². The Morgan fingerprint density at radius 2 is 1.68 bits per heavy atom. The van der Waals surface area contributed by atoms with Gasteiger partial charge in [0.25, 0.3) is 17.7 Å². The molecule has 5 N–H and O–H groups in total. The third-order valence-corrected chi connectivity index (χ3v) is 13.6. The number of piperidine rings is 3. The number of aromatic nitrogens is 2. The molecule has 17 heteroatoms. The van der Waals surface area contributed by atoms with Crippen LogP contribution in [0.15, 0.2) is 48.7 Å². The van der Waals surface area contributed by atoms with Gasteiger partial charge in [-0.25, -0.2) is 14.8 Å². The molecule has 1 saturated carbocycles. The molecule has 3 aromatic rings. The van der Waals surface area contributed by atoms with Crippen LogP contribution in [0, 0.1) is 0 Å². The number of hydrogen-bond acceptors (Lipinski definition) is 12. The Hall–Kier alpha value is -6.10. The molecule has 7 amide bonds. The number of fused-ring (bicyclic) bond motifs is 1. The molecule has 0 spiro atoms. The second-order valence-corrected chi connectivity index (χ2v) is 17.4. The van der Waals surface area contributed by atoms with Crippen molar-refractivity contribution in [3.63, 3.8) is 0 Å². The summed E-state index contributed by atoms with van der Waals surface area (Å²) in [6.45, 7) is 7.06. The molecule has 6 aliphatic rings. The third kappa shape index (κ3) is 7.17. The summed E-state index contributed by atoms with van der Waals surface area (Å²) in [5.74, 6) is -1.78. The van der Waals surface area contributed by atoms with E-state index < -0.39 is 35.6 Å². The van der Waals surface area contributed by atoms with E-state index in [1.54, 1.807) is 23.2 Å². The number of benzene rings is 2. The summed E-state index contributed by atoms with van der Waals surface area (Å²) in [7, 11) is 1.83. The fraction of sp³-hybridized carbons (Fsp3) is 0.488. The van der Waals surface area contributed by atoms with E-state index in [1.807, 2.05) is 30.1 Å². The highest BCUT2D eigenvalue weighted by Crippen LogP contribution is 2.40. The predicted octanol–water partition coefficient (Wildman–Crippen LogP) is 3.05. The minimum absolute atomic E-state index is 0.0171. The smallest absolute Gasteiger partial charge is 0.320 e. The molecule has 4 saturated heterocycles. The van der Waals surface area contributed by atoms with E-state index in [0.717, 1.165) is 75.3 Å². The second-order valence-electron chi connectivity index (χ2n) is 17.4. The summed E-state index contributed by atoms with van der Waals surface area (Å²) < 4.78 is 0. The first-order valence-corrected chi connectivity index (χ1v) is 21.0. The first-order chi connectivity index (χ1) is 28.9. The topological polar surface area (TPSA) is 207 Å². The van der Waals surface area contributed by atoms with E-state index in [1.165, 1.54) is 5.56 Å². The lowest BCUT2D eigenvalue weighted by molar-refractivity contribution is -0.136. The van der Waals surface area contributed by atoms with Gasteiger partial charge in [-0.05, 0) is 93.3 Å². The van der Waals surface area contributed by atoms with Crippen LogP contribution in [0.2, 0.25) is 0 Å². The lowest BCUT2D eigenvalue weighted by Crippen LogP contribution is -2.54. The van der Waals surface area contributed by atoms with E-state index in [9.17, 15) is 28.8 Å². The normalized spacial score (nSPS) is 25.6. The highest BCUT2D eigenvalue weighted by molar-refractivity contribution is 6.25. The maximum Gasteiger partial charge on any atom is 0.320 e. The van der Waals surface area contributed by atoms with Crippen LogP contribution >= 0.6 is 0 Å². The number of likely N-dealkylation sites (tertiary alicyclic amines) is 1. The van der Waals surface area contributed by atoms with Crippen molar-refractivity contribution in [1.29, 1.82) is 0 Å². The molecule has 6 heterocycles. The first kappa shape index (κ1) is 39.4. The molecule has 1 unspecified atom stereocenters. The molecular formula is C43H51N11O6. The Morgan fingerprint density at radius 3 is 2.38 bits per heavy atom. The number of nitrogens with zero attached hydrogens (tertiary/aromatic N) is 7. The van der Waals surface area contributed by atoms with Gasteiger partial charge in [-0.15, -0.1) is 0 Å². The zero-order valence-electron chi connectivity index (χ0n) is 34.0. The number of nitrogens with one attached hydrogen (secondary N) is 3. The van der Waals surface area contributed by atoms with Crippen LogP contribution in [-0.2, 0) is 15.0 Å². The van der Waals surface area contributed by atoms with E-state index in [2.05, 4.69) is 49.8 Å². The first-order valence-electron chi connectivity index (χ1n) is 21.0. The molecule has 0 bridgehead atoms. The van der Waals surface area contributed by atoms with Crippen molar-refractivity contribution >= 4 is 58.6 Å². The maximum atomic E-state index is 13.6. The molecule has 5 aliphatic heterocycles. The summed E-state index contributed by atoms with van der Waals surface area (Å²) in [6, 6.07) is 13.1. The number of likely N-dealkylation sites (N-methyl/N-ethyl adjacent to an activating group) is 1. The number of carbonyl (C=O) groups excluding carboxylic acids is 6. The summed E-state index contributed by atoms with van der Waals surface area (Å²) in [5, 5.41) is 9.06. The molecule has 9 rings (SSSR count). The van der Waals surface area contributed by atoms with E-state index in [-0.39, 0.29) is 53.2 Å². The van der Waals surface area contributed by atoms with Crippen LogP contribution in [-0.4, -0.2) is 136 Å². The molecule has 60 heavy (non-hydrogen) atoms. The van der Waals surface area contributed by atoms with Crippen molar-refractivity contribution < 1.29 is 28.8 Å². The number of hydrogen-bond donors (Lipinski definition) is 4. The van der Waals surface area contributed by atoms with Crippen molar-refractivity contribution in [2.45, 2.75) is 87.9 Å². The Labute approximate surface area is 348 Å². The molecular weight excluding hydrogens is 767 g/mol. The predicted molar refractivity (Wildman–Crippen MR) is 222 cm³/mol. The average molecular weight is 818 g/mol. The summed E-state index contributed by atoms with van der Waals surface area (Å²) in [5.41, 5.74) is 8.93. The number of carbonyl (C=O) groups is 6. The lowest BCUT2D eigenvalue weighted by Gasteiger charge is -2.48. The second kappa shape index (κ2) is 15.5. The van der Waals surface area contributed by atoms with Crippen LogP contribution in [0.4, 0.5) is 27.8 Å². The van der Waals surface area contributed by atoms with E-state index in [0.29, 0.717) is 36.5 Å². The van der Waals surface area contributed by atoms with Gasteiger partial charge in [-0.3, -0.25) is 34.2 Å². The highest BCUT2D eigenvalue weighted by atomic mass is 16.2. The fourth-order valence-electron chi connectivity index (χ4n) is 9.85. The van der Waals surface area contributed by atoms with Crippen LogP contribution in [0.1, 0.15) is 95.1 Å². The third-order valence-electron chi connectivity index (χ3n) is 13.6. The number of imide groups is 2. The van der Waals surface area contributed by atoms with Crippen molar-refractivity contribution in [2.75, 3.05) is 61.8 Å². The van der Waals surface area contributed by atoms with Gasteiger partial charge in [-0.2, -0.15) is 0 Å². The zero-order valence-corrected chi connectivity index (χ0v) is 34.0. The molecule has 1 aromatic heterocycles. The molecule has 17 nitrogen and oxygen atoms in total. The van der Waals surface area contributed by atoms with Gasteiger partial charge >= 0.3 is 6.03 Å². The van der Waals surface area contributed by atoms with Gasteiger partial charge in [-0.1, -0.05) is 25.1 Å². The Morgan fingerprint density at radius 1 is 0.917 bits per heavy atom. The van der Waals surface area contributed by atoms with Gasteiger partial charge in [0.1, 0.15) is 11.9 Å². The fourth-order valence-corrected chi connectivity index (χ4v) is 9.85. The Kier molecular flexibility index (Phi) is 10.2. The van der Waals surface area contributed by atoms with Gasteiger partial charge < -0.3 is 36.0 Å². The lowest BCUT2D eigenvalue weighted by atomic mass is 9.73. The molecule has 2 aromatic carbocycles. The van der Waals surface area contributed by atoms with Gasteiger partial charge in [0.2, 0.25) is 11.8 Å². The monoisotopic (exact) mass is 817 g/mol. The number of rotatable bonds is 10. The summed E-state index contributed by atoms with van der Waals surface area (Å²) >= 11 is 0. The zero-order chi connectivity index (χ0) is 41.9. The van der Waals surface area contributed by atoms with Crippen LogP contribution < -0.4 is 26.6 Å². The molecule has 1 aliphatic carbocycles. The highest BCUT2D eigenvalue weighted by Gasteiger charge is 2.46. The van der Waals surface area contributed by atoms with E-state index >= 15 is 0 Å². The number of anilines is 4. The van der Waals surface area contributed by atoms with Crippen molar-refractivity contribution in [3.8, 4) is 0 Å². The Balaban J connectivity index is 0.791. The Bertz CT molecular complexity index is 2250. The largest absolute Gasteiger partial charge is 0.382 e. The van der Waals surface area contributed by atoms with Gasteiger partial charge in [0.15, 0.2) is 11.5 Å². The van der Waals surface area contributed by atoms with Crippen molar-refractivity contribution in [2.24, 2.45) is 5.73 Å². The SMILES string of the molecule is CN1CCN([C@@H]2CCCN(c3cnc(C(N)=O)c(Nc4ccc(C5(C)CCN(C6CC(Nc7cccc8c7C(=O)N(C7CCC(=O)NC7=O)C8=O)C6)CC5)cc4)n3)C2)C1=O. The van der Waals surface area contributed by atoms with Crippen LogP contribution in [0.3, 0.4) is 0 Å².